The predicted molar refractivity (Wildman–Crippen MR) is 65.8 cm³/mol. The number of rotatable bonds is 4. The van der Waals surface area contributed by atoms with E-state index in [4.69, 9.17) is 0 Å². The summed E-state index contributed by atoms with van der Waals surface area (Å²) in [5.74, 6) is -0.459. The van der Waals surface area contributed by atoms with Crippen molar-refractivity contribution in [3.8, 4) is 0 Å². The van der Waals surface area contributed by atoms with Crippen LogP contribution >= 0.6 is 0 Å². The van der Waals surface area contributed by atoms with Crippen LogP contribution in [0.5, 0.6) is 0 Å². The molecule has 0 saturated heterocycles. The number of carbonyl (C=O) groups is 2. The summed E-state index contributed by atoms with van der Waals surface area (Å²) >= 11 is 0. The minimum absolute atomic E-state index is 0.175. The highest BCUT2D eigenvalue weighted by molar-refractivity contribution is 6.00. The molecule has 17 heavy (non-hydrogen) atoms. The first-order valence-electron chi connectivity index (χ1n) is 5.14. The van der Waals surface area contributed by atoms with Crippen LogP contribution in [-0.2, 0) is 20.7 Å². The normalized spacial score (nSPS) is 9.53. The molecule has 1 amide bonds. The van der Waals surface area contributed by atoms with Gasteiger partial charge in [0.15, 0.2) is 0 Å². The number of carbonyl (C=O) groups excluding carboxylic acids is 2. The van der Waals surface area contributed by atoms with Crippen molar-refractivity contribution >= 4 is 17.6 Å². The SMILES string of the molecule is C=CC(=O)N(C)c1ccc(CC(=O)OC)cc1. The third kappa shape index (κ3) is 3.45. The van der Waals surface area contributed by atoms with Gasteiger partial charge in [-0.3, -0.25) is 9.59 Å². The molecule has 1 rings (SSSR count). The van der Waals surface area contributed by atoms with Crippen LogP contribution < -0.4 is 4.90 Å². The highest BCUT2D eigenvalue weighted by Gasteiger charge is 2.07. The van der Waals surface area contributed by atoms with E-state index < -0.39 is 0 Å². The van der Waals surface area contributed by atoms with E-state index >= 15 is 0 Å². The maximum absolute atomic E-state index is 11.4. The fraction of sp³-hybridized carbons (Fsp3) is 0.231. The highest BCUT2D eigenvalue weighted by Crippen LogP contribution is 2.14. The van der Waals surface area contributed by atoms with Crippen molar-refractivity contribution in [3.05, 3.63) is 42.5 Å². The lowest BCUT2D eigenvalue weighted by Crippen LogP contribution is -2.23. The van der Waals surface area contributed by atoms with Gasteiger partial charge in [-0.05, 0) is 23.8 Å². The minimum atomic E-state index is -0.284. The summed E-state index contributed by atoms with van der Waals surface area (Å²) < 4.78 is 4.57. The quantitative estimate of drug-likeness (QED) is 0.585. The topological polar surface area (TPSA) is 46.6 Å². The highest BCUT2D eigenvalue weighted by atomic mass is 16.5. The lowest BCUT2D eigenvalue weighted by Gasteiger charge is -2.15. The zero-order chi connectivity index (χ0) is 12.8. The molecule has 0 aliphatic rings. The number of anilines is 1. The third-order valence-corrected chi connectivity index (χ3v) is 2.40. The van der Waals surface area contributed by atoms with Crippen LogP contribution in [0.4, 0.5) is 5.69 Å². The third-order valence-electron chi connectivity index (χ3n) is 2.40. The molecule has 0 aliphatic heterocycles. The molecule has 4 nitrogen and oxygen atoms in total. The number of hydrogen-bond acceptors (Lipinski definition) is 3. The largest absolute Gasteiger partial charge is 0.469 e. The van der Waals surface area contributed by atoms with Crippen LogP contribution in [0.3, 0.4) is 0 Å². The monoisotopic (exact) mass is 233 g/mol. The van der Waals surface area contributed by atoms with Crippen LogP contribution in [0.15, 0.2) is 36.9 Å². The van der Waals surface area contributed by atoms with Gasteiger partial charge < -0.3 is 9.64 Å². The lowest BCUT2D eigenvalue weighted by atomic mass is 10.1. The molecule has 0 N–H and O–H groups in total. The molecule has 90 valence electrons. The Labute approximate surface area is 100 Å². The number of likely N-dealkylation sites (N-methyl/N-ethyl adjacent to an activating group) is 1. The average Bonchev–Trinajstić information content (AvgIpc) is 2.37. The van der Waals surface area contributed by atoms with Gasteiger partial charge in [0.05, 0.1) is 13.5 Å². The maximum atomic E-state index is 11.4. The van der Waals surface area contributed by atoms with Crippen LogP contribution in [0.25, 0.3) is 0 Å². The summed E-state index contributed by atoms with van der Waals surface area (Å²) in [5, 5.41) is 0. The molecule has 0 atom stereocenters. The second-order valence-electron chi connectivity index (χ2n) is 3.52. The molecule has 1 aromatic rings. The number of methoxy groups -OCH3 is 1. The van der Waals surface area contributed by atoms with Gasteiger partial charge in [0.1, 0.15) is 0 Å². The maximum Gasteiger partial charge on any atom is 0.309 e. The molecular weight excluding hydrogens is 218 g/mol. The van der Waals surface area contributed by atoms with Gasteiger partial charge in [-0.2, -0.15) is 0 Å². The number of ether oxygens (including phenoxy) is 1. The molecule has 4 heteroatoms. The standard InChI is InChI=1S/C13H15NO3/c1-4-12(15)14(2)11-7-5-10(6-8-11)9-13(16)17-3/h4-8H,1,9H2,2-3H3. The molecule has 0 aromatic heterocycles. The Morgan fingerprint density at radius 3 is 2.41 bits per heavy atom. The fourth-order valence-electron chi connectivity index (χ4n) is 1.34. The molecule has 0 radical (unpaired) electrons. The Morgan fingerprint density at radius 2 is 1.94 bits per heavy atom. The Hall–Kier alpha value is -2.10. The smallest absolute Gasteiger partial charge is 0.309 e. The number of hydrogen-bond donors (Lipinski definition) is 0. The number of esters is 1. The second-order valence-corrected chi connectivity index (χ2v) is 3.52. The molecule has 0 saturated carbocycles. The van der Waals surface area contributed by atoms with Crippen LogP contribution in [0.1, 0.15) is 5.56 Å². The van der Waals surface area contributed by atoms with E-state index in [1.807, 2.05) is 0 Å². The predicted octanol–water partition coefficient (Wildman–Crippen LogP) is 1.55. The summed E-state index contributed by atoms with van der Waals surface area (Å²) in [7, 11) is 3.02. The average molecular weight is 233 g/mol. The number of benzene rings is 1. The molecule has 0 bridgehead atoms. The number of amides is 1. The van der Waals surface area contributed by atoms with Crippen LogP contribution in [-0.4, -0.2) is 26.0 Å². The summed E-state index contributed by atoms with van der Waals surface area (Å²) in [4.78, 5) is 23.9. The Bertz CT molecular complexity index is 423. The van der Waals surface area contributed by atoms with E-state index in [0.717, 1.165) is 11.3 Å². The first kappa shape index (κ1) is 13.0. The van der Waals surface area contributed by atoms with Crippen molar-refractivity contribution in [2.24, 2.45) is 0 Å². The van der Waals surface area contributed by atoms with Gasteiger partial charge in [0.2, 0.25) is 5.91 Å². The van der Waals surface area contributed by atoms with Crippen molar-refractivity contribution in [1.82, 2.24) is 0 Å². The van der Waals surface area contributed by atoms with Crippen molar-refractivity contribution in [2.45, 2.75) is 6.42 Å². The van der Waals surface area contributed by atoms with Gasteiger partial charge in [-0.25, -0.2) is 0 Å². The summed E-state index contributed by atoms with van der Waals surface area (Å²) in [5.41, 5.74) is 1.60. The van der Waals surface area contributed by atoms with Crippen LogP contribution in [0.2, 0.25) is 0 Å². The van der Waals surface area contributed by atoms with Gasteiger partial charge in [0, 0.05) is 12.7 Å². The Morgan fingerprint density at radius 1 is 1.35 bits per heavy atom. The van der Waals surface area contributed by atoms with Crippen LogP contribution in [0, 0.1) is 0 Å². The van der Waals surface area contributed by atoms with Gasteiger partial charge in [-0.1, -0.05) is 18.7 Å². The first-order valence-corrected chi connectivity index (χ1v) is 5.14. The fourth-order valence-corrected chi connectivity index (χ4v) is 1.34. The number of nitrogens with zero attached hydrogens (tertiary/aromatic N) is 1. The summed E-state index contributed by atoms with van der Waals surface area (Å²) in [6.45, 7) is 3.42. The first-order chi connectivity index (χ1) is 8.08. The van der Waals surface area contributed by atoms with Gasteiger partial charge in [-0.15, -0.1) is 0 Å². The van der Waals surface area contributed by atoms with Crippen molar-refractivity contribution in [1.29, 1.82) is 0 Å². The van der Waals surface area contributed by atoms with E-state index in [1.54, 1.807) is 31.3 Å². The van der Waals surface area contributed by atoms with Gasteiger partial charge >= 0.3 is 5.97 Å². The zero-order valence-corrected chi connectivity index (χ0v) is 9.97. The molecule has 1 aromatic carbocycles. The minimum Gasteiger partial charge on any atom is -0.469 e. The summed E-state index contributed by atoms with van der Waals surface area (Å²) in [6, 6.07) is 7.14. The molecule has 0 heterocycles. The summed E-state index contributed by atoms with van der Waals surface area (Å²) in [6.07, 6.45) is 1.48. The van der Waals surface area contributed by atoms with E-state index in [0.29, 0.717) is 0 Å². The Balaban J connectivity index is 2.77. The zero-order valence-electron chi connectivity index (χ0n) is 9.97. The van der Waals surface area contributed by atoms with E-state index in [2.05, 4.69) is 11.3 Å². The molecule has 0 fully saturated rings. The van der Waals surface area contributed by atoms with E-state index in [9.17, 15) is 9.59 Å². The molecule has 0 spiro atoms. The van der Waals surface area contributed by atoms with Crippen molar-refractivity contribution in [3.63, 3.8) is 0 Å². The second kappa shape index (κ2) is 5.84. The van der Waals surface area contributed by atoms with Crippen molar-refractivity contribution in [2.75, 3.05) is 19.1 Å². The lowest BCUT2D eigenvalue weighted by molar-refractivity contribution is -0.139. The molecular formula is C13H15NO3. The van der Waals surface area contributed by atoms with E-state index in [-0.39, 0.29) is 18.3 Å². The van der Waals surface area contributed by atoms with Crippen molar-refractivity contribution < 1.29 is 14.3 Å². The molecule has 0 unspecified atom stereocenters. The van der Waals surface area contributed by atoms with E-state index in [1.165, 1.54) is 18.1 Å². The van der Waals surface area contributed by atoms with Gasteiger partial charge in [0.25, 0.3) is 0 Å². The Kier molecular flexibility index (Phi) is 4.46. The molecule has 0 aliphatic carbocycles.